The highest BCUT2D eigenvalue weighted by molar-refractivity contribution is 5.72. The van der Waals surface area contributed by atoms with Gasteiger partial charge in [0.1, 0.15) is 12.3 Å². The number of rotatable bonds is 3. The molecule has 1 unspecified atom stereocenters. The van der Waals surface area contributed by atoms with Crippen LogP contribution in [-0.2, 0) is 9.59 Å². The highest BCUT2D eigenvalue weighted by Crippen LogP contribution is 1.80. The van der Waals surface area contributed by atoms with Crippen LogP contribution in [0.4, 0.5) is 0 Å². The fourth-order valence-corrected chi connectivity index (χ4v) is 0.667. The summed E-state index contributed by atoms with van der Waals surface area (Å²) < 4.78 is 0. The van der Waals surface area contributed by atoms with Crippen LogP contribution >= 0.6 is 0 Å². The van der Waals surface area contributed by atoms with Gasteiger partial charge in [0.2, 0.25) is 0 Å². The fourth-order valence-electron chi connectivity index (χ4n) is 0.667. The van der Waals surface area contributed by atoms with Gasteiger partial charge in [0.15, 0.2) is 0 Å². The minimum Gasteiger partial charge on any atom is -0.480 e. The first-order valence-electron chi connectivity index (χ1n) is 5.33. The Morgan fingerprint density at radius 1 is 1.18 bits per heavy atom. The molecule has 4 N–H and O–H groups in total. The highest BCUT2D eigenvalue weighted by Gasteiger charge is 1.99. The van der Waals surface area contributed by atoms with Crippen molar-refractivity contribution in [1.29, 1.82) is 0 Å². The van der Waals surface area contributed by atoms with Crippen molar-refractivity contribution in [2.75, 3.05) is 0 Å². The van der Waals surface area contributed by atoms with E-state index in [1.807, 2.05) is 0 Å². The number of carboxylic acid groups (broad SMARTS) is 1. The van der Waals surface area contributed by atoms with E-state index in [-0.39, 0.29) is 7.43 Å². The summed E-state index contributed by atoms with van der Waals surface area (Å²) >= 11 is 0. The van der Waals surface area contributed by atoms with Crippen molar-refractivity contribution in [2.45, 2.75) is 67.1 Å². The molecule has 0 saturated heterocycles. The third kappa shape index (κ3) is 51.5. The molecule has 0 spiro atoms. The molecular weight excluding hydrogens is 220 g/mol. The Morgan fingerprint density at radius 2 is 1.35 bits per heavy atom. The summed E-state index contributed by atoms with van der Waals surface area (Å²) in [6.45, 7) is 11.5. The van der Waals surface area contributed by atoms with Crippen LogP contribution in [0, 0.1) is 0 Å². The number of carbonyl (C=O) groups excluding carboxylic acids is 1. The second-order valence-corrected chi connectivity index (χ2v) is 3.84. The van der Waals surface area contributed by atoms with Gasteiger partial charge in [0.05, 0.1) is 0 Å². The molecule has 0 heterocycles. The van der Waals surface area contributed by atoms with Crippen LogP contribution < -0.4 is 11.1 Å². The van der Waals surface area contributed by atoms with Crippen LogP contribution in [0.5, 0.6) is 0 Å². The van der Waals surface area contributed by atoms with Gasteiger partial charge in [-0.1, -0.05) is 35.1 Å². The maximum atomic E-state index is 9.57. The third-order valence-electron chi connectivity index (χ3n) is 1.06. The van der Waals surface area contributed by atoms with Crippen molar-refractivity contribution in [3.8, 4) is 0 Å². The molecule has 0 aromatic carbocycles. The van der Waals surface area contributed by atoms with Gasteiger partial charge in [-0.15, -0.1) is 0 Å². The first-order chi connectivity index (χ1) is 7.18. The SMILES string of the molecule is C.CC(C)NC(C)C.CC(N)C(=O)O.CC=O. The number of carboxylic acids is 1. The lowest BCUT2D eigenvalue weighted by Gasteiger charge is -2.10. The van der Waals surface area contributed by atoms with Crippen LogP contribution in [0.15, 0.2) is 0 Å². The van der Waals surface area contributed by atoms with Gasteiger partial charge in [-0.05, 0) is 13.8 Å². The lowest BCUT2D eigenvalue weighted by atomic mass is 10.3. The molecule has 106 valence electrons. The molecule has 0 aromatic rings. The zero-order valence-corrected chi connectivity index (χ0v) is 11.2. The van der Waals surface area contributed by atoms with Gasteiger partial charge < -0.3 is 21.0 Å². The zero-order chi connectivity index (χ0) is 13.7. The second-order valence-electron chi connectivity index (χ2n) is 3.84. The van der Waals surface area contributed by atoms with Crippen LogP contribution in [-0.4, -0.2) is 35.5 Å². The molecular formula is C12H30N2O3. The van der Waals surface area contributed by atoms with Crippen LogP contribution in [0.3, 0.4) is 0 Å². The molecule has 1 atom stereocenters. The minimum atomic E-state index is -0.963. The van der Waals surface area contributed by atoms with Crippen LogP contribution in [0.25, 0.3) is 0 Å². The third-order valence-corrected chi connectivity index (χ3v) is 1.06. The smallest absolute Gasteiger partial charge is 0.320 e. The first kappa shape index (κ1) is 25.0. The van der Waals surface area contributed by atoms with Crippen molar-refractivity contribution in [2.24, 2.45) is 5.73 Å². The van der Waals surface area contributed by atoms with E-state index in [1.165, 1.54) is 13.8 Å². The standard InChI is InChI=1S/C6H15N.C3H7NO2.C2H4O.CH4/c1-5(2)7-6(3)4;1-2(4)3(5)6;1-2-3;/h5-7H,1-4H3;2H,4H2,1H3,(H,5,6);2H,1H3;1H4. The Balaban J connectivity index is -0.0000000778. The Morgan fingerprint density at radius 3 is 1.35 bits per heavy atom. The summed E-state index contributed by atoms with van der Waals surface area (Å²) in [6.07, 6.45) is 0.750. The zero-order valence-electron chi connectivity index (χ0n) is 11.2. The molecule has 0 bridgehead atoms. The maximum Gasteiger partial charge on any atom is 0.320 e. The molecule has 17 heavy (non-hydrogen) atoms. The fraction of sp³-hybridized carbons (Fsp3) is 0.833. The summed E-state index contributed by atoms with van der Waals surface area (Å²) in [6, 6.07) is 0.519. The number of nitrogens with one attached hydrogen (secondary N) is 1. The summed E-state index contributed by atoms with van der Waals surface area (Å²) in [5.74, 6) is -0.963. The van der Waals surface area contributed by atoms with Crippen molar-refractivity contribution < 1.29 is 14.7 Å². The van der Waals surface area contributed by atoms with E-state index >= 15 is 0 Å². The quantitative estimate of drug-likeness (QED) is 0.662. The molecule has 0 rings (SSSR count). The average molecular weight is 250 g/mol. The number of nitrogens with two attached hydrogens (primary N) is 1. The van der Waals surface area contributed by atoms with Crippen molar-refractivity contribution in [3.63, 3.8) is 0 Å². The van der Waals surface area contributed by atoms with Crippen molar-refractivity contribution in [3.05, 3.63) is 0 Å². The molecule has 5 nitrogen and oxygen atoms in total. The van der Waals surface area contributed by atoms with E-state index in [1.54, 1.807) is 0 Å². The molecule has 5 heteroatoms. The Kier molecular flexibility index (Phi) is 25.7. The Hall–Kier alpha value is -0.940. The van der Waals surface area contributed by atoms with E-state index in [2.05, 4.69) is 33.0 Å². The number of carbonyl (C=O) groups is 2. The number of aldehydes is 1. The van der Waals surface area contributed by atoms with Gasteiger partial charge in [-0.2, -0.15) is 0 Å². The monoisotopic (exact) mass is 250 g/mol. The molecule has 0 aromatic heterocycles. The molecule has 0 fully saturated rings. The predicted molar refractivity (Wildman–Crippen MR) is 73.2 cm³/mol. The molecule has 0 radical (unpaired) electrons. The first-order valence-corrected chi connectivity index (χ1v) is 5.33. The average Bonchev–Trinajstić information content (AvgIpc) is 2.03. The second kappa shape index (κ2) is 17.5. The van der Waals surface area contributed by atoms with Crippen LogP contribution in [0.2, 0.25) is 0 Å². The highest BCUT2D eigenvalue weighted by atomic mass is 16.4. The Labute approximate surface area is 106 Å². The molecule has 0 aliphatic carbocycles. The van der Waals surface area contributed by atoms with Gasteiger partial charge in [0.25, 0.3) is 0 Å². The van der Waals surface area contributed by atoms with E-state index in [0.717, 1.165) is 6.29 Å². The molecule has 0 saturated carbocycles. The number of hydrogen-bond donors (Lipinski definition) is 3. The molecule has 0 amide bonds. The summed E-state index contributed by atoms with van der Waals surface area (Å²) in [5.41, 5.74) is 4.84. The van der Waals surface area contributed by atoms with E-state index in [4.69, 9.17) is 15.6 Å². The largest absolute Gasteiger partial charge is 0.480 e. The van der Waals surface area contributed by atoms with Gasteiger partial charge in [-0.25, -0.2) is 0 Å². The van der Waals surface area contributed by atoms with Gasteiger partial charge in [-0.3, -0.25) is 4.79 Å². The lowest BCUT2D eigenvalue weighted by molar-refractivity contribution is -0.138. The Bertz CT molecular complexity index is 163. The summed E-state index contributed by atoms with van der Waals surface area (Å²) in [4.78, 5) is 18.4. The topological polar surface area (TPSA) is 92.4 Å². The molecule has 0 aliphatic heterocycles. The van der Waals surface area contributed by atoms with Crippen molar-refractivity contribution in [1.82, 2.24) is 5.32 Å². The van der Waals surface area contributed by atoms with Gasteiger partial charge in [0, 0.05) is 12.1 Å². The normalized spacial score (nSPS) is 10.2. The lowest BCUT2D eigenvalue weighted by Crippen LogP contribution is -2.29. The summed E-state index contributed by atoms with van der Waals surface area (Å²) in [5, 5.41) is 11.2. The maximum absolute atomic E-state index is 9.57. The van der Waals surface area contributed by atoms with E-state index < -0.39 is 12.0 Å². The number of aliphatic carboxylic acids is 1. The van der Waals surface area contributed by atoms with Gasteiger partial charge >= 0.3 is 5.97 Å². The summed E-state index contributed by atoms with van der Waals surface area (Å²) in [7, 11) is 0. The van der Waals surface area contributed by atoms with Crippen molar-refractivity contribution >= 4 is 12.3 Å². The van der Waals surface area contributed by atoms with E-state index in [0.29, 0.717) is 12.1 Å². The minimum absolute atomic E-state index is 0. The predicted octanol–water partition coefficient (Wildman–Crippen LogP) is 1.65. The number of hydrogen-bond acceptors (Lipinski definition) is 4. The van der Waals surface area contributed by atoms with E-state index in [9.17, 15) is 4.79 Å². The van der Waals surface area contributed by atoms with Crippen LogP contribution in [0.1, 0.15) is 49.0 Å². The molecule has 0 aliphatic rings.